The number of ether oxygens (including phenoxy) is 4. The number of nitrogens with one attached hydrogen (secondary N) is 2. The summed E-state index contributed by atoms with van der Waals surface area (Å²) in [5.74, 6) is 4.91. The van der Waals surface area contributed by atoms with Crippen molar-refractivity contribution >= 4 is 17.5 Å². The molecule has 18 nitrogen and oxygen atoms in total. The highest BCUT2D eigenvalue weighted by molar-refractivity contribution is 5.69. The van der Waals surface area contributed by atoms with Gasteiger partial charge in [0.1, 0.15) is 60.1 Å². The summed E-state index contributed by atoms with van der Waals surface area (Å²) in [5.41, 5.74) is 3.97. The lowest BCUT2D eigenvalue weighted by atomic mass is 10.1. The Morgan fingerprint density at radius 3 is 2.03 bits per heavy atom. The van der Waals surface area contributed by atoms with Crippen LogP contribution < -0.4 is 34.8 Å². The Kier molecular flexibility index (Phi) is 16.7. The summed E-state index contributed by atoms with van der Waals surface area (Å²) >= 11 is 0. The molecular weight excluding hydrogens is 865 g/mol. The van der Waals surface area contributed by atoms with Gasteiger partial charge in [0.25, 0.3) is 0 Å². The first-order valence-corrected chi connectivity index (χ1v) is 24.1. The van der Waals surface area contributed by atoms with Gasteiger partial charge < -0.3 is 64.0 Å². The van der Waals surface area contributed by atoms with Crippen molar-refractivity contribution in [3.63, 3.8) is 0 Å². The number of likely N-dealkylation sites (N-methyl/N-ethyl adjacent to an activating group) is 3. The van der Waals surface area contributed by atoms with Crippen molar-refractivity contribution in [3.8, 4) is 45.7 Å². The summed E-state index contributed by atoms with van der Waals surface area (Å²) in [4.78, 5) is 35.0. The molecule has 18 heteroatoms. The average molecular weight is 935 g/mol. The molecule has 6 heterocycles. The molecule has 8 rings (SSSR count). The number of aliphatic hydroxyl groups is 2. The maximum absolute atomic E-state index is 10.6. The second kappa shape index (κ2) is 23.2. The van der Waals surface area contributed by atoms with Crippen molar-refractivity contribution in [2.24, 2.45) is 0 Å². The number of nitrogens with zero attached hydrogens (tertiary/aromatic N) is 10. The number of hydrogen-bond donors (Lipinski definition) is 4. The average Bonchev–Trinajstić information content (AvgIpc) is 3.85. The minimum absolute atomic E-state index is 0.131. The van der Waals surface area contributed by atoms with Crippen molar-refractivity contribution in [2.75, 3.05) is 122 Å². The van der Waals surface area contributed by atoms with Gasteiger partial charge in [0.05, 0.1) is 12.0 Å². The fraction of sp³-hybridized carbons (Fsp3) is 0.540. The van der Waals surface area contributed by atoms with Gasteiger partial charge in [0, 0.05) is 127 Å². The Morgan fingerprint density at radius 1 is 0.750 bits per heavy atom. The fourth-order valence-electron chi connectivity index (χ4n) is 9.00. The lowest BCUT2D eigenvalue weighted by Gasteiger charge is -2.39. The predicted octanol–water partition coefficient (Wildman–Crippen LogP) is 3.80. The first-order valence-electron chi connectivity index (χ1n) is 24.1. The van der Waals surface area contributed by atoms with Crippen LogP contribution in [0.1, 0.15) is 38.2 Å². The molecule has 68 heavy (non-hydrogen) atoms. The van der Waals surface area contributed by atoms with Gasteiger partial charge in [-0.2, -0.15) is 0 Å². The van der Waals surface area contributed by atoms with E-state index in [1.54, 1.807) is 7.05 Å². The van der Waals surface area contributed by atoms with E-state index in [9.17, 15) is 10.2 Å². The molecule has 3 aliphatic rings. The molecule has 3 saturated heterocycles. The third-order valence-corrected chi connectivity index (χ3v) is 13.3. The van der Waals surface area contributed by atoms with Crippen LogP contribution in [0.3, 0.4) is 0 Å². The molecule has 0 aliphatic carbocycles. The van der Waals surface area contributed by atoms with E-state index in [2.05, 4.69) is 75.0 Å². The minimum Gasteiger partial charge on any atom is -0.491 e. The van der Waals surface area contributed by atoms with Gasteiger partial charge in [-0.3, -0.25) is 0 Å². The molecule has 3 aromatic heterocycles. The number of anilines is 3. The topological polar surface area (TPSA) is 184 Å². The number of piperazine rings is 1. The zero-order valence-electron chi connectivity index (χ0n) is 40.6. The van der Waals surface area contributed by atoms with Gasteiger partial charge in [0.15, 0.2) is 11.6 Å². The van der Waals surface area contributed by atoms with Crippen LogP contribution in [0.2, 0.25) is 0 Å². The maximum atomic E-state index is 10.6. The molecule has 366 valence electrons. The fourth-order valence-corrected chi connectivity index (χ4v) is 9.00. The van der Waals surface area contributed by atoms with Crippen LogP contribution in [0.5, 0.6) is 11.5 Å². The van der Waals surface area contributed by atoms with Gasteiger partial charge in [-0.05, 0) is 83.6 Å². The van der Waals surface area contributed by atoms with Crippen LogP contribution >= 0.6 is 0 Å². The van der Waals surface area contributed by atoms with Crippen LogP contribution in [0, 0.1) is 0 Å². The van der Waals surface area contributed by atoms with Gasteiger partial charge in [0.2, 0.25) is 0 Å². The summed E-state index contributed by atoms with van der Waals surface area (Å²) in [5, 5.41) is 26.9. The Morgan fingerprint density at radius 2 is 1.38 bits per heavy atom. The van der Waals surface area contributed by atoms with E-state index in [4.69, 9.17) is 43.9 Å². The third-order valence-electron chi connectivity index (χ3n) is 13.3. The summed E-state index contributed by atoms with van der Waals surface area (Å²) in [6, 6.07) is 18.7. The van der Waals surface area contributed by atoms with Gasteiger partial charge in [-0.25, -0.2) is 24.9 Å². The summed E-state index contributed by atoms with van der Waals surface area (Å²) in [7, 11) is 9.99. The van der Waals surface area contributed by atoms with Crippen molar-refractivity contribution in [1.82, 2.24) is 45.0 Å². The normalized spacial score (nSPS) is 18.4. The molecule has 4 N–H and O–H groups in total. The minimum atomic E-state index is -0.676. The van der Waals surface area contributed by atoms with Crippen LogP contribution in [-0.4, -0.2) is 183 Å². The van der Waals surface area contributed by atoms with Crippen molar-refractivity contribution < 1.29 is 29.2 Å². The molecule has 3 atom stereocenters. The number of aliphatic hydroxyl groups excluding tert-OH is 2. The van der Waals surface area contributed by atoms with E-state index in [-0.39, 0.29) is 25.3 Å². The lowest BCUT2D eigenvalue weighted by Crippen LogP contribution is -2.50. The maximum Gasteiger partial charge on any atom is 0.164 e. The largest absolute Gasteiger partial charge is 0.491 e. The number of aromatic nitrogens is 6. The molecule has 0 radical (unpaired) electrons. The summed E-state index contributed by atoms with van der Waals surface area (Å²) < 4.78 is 25.7. The summed E-state index contributed by atoms with van der Waals surface area (Å²) in [6.07, 6.45) is 6.17. The zero-order chi connectivity index (χ0) is 47.6. The highest BCUT2D eigenvalue weighted by atomic mass is 16.5. The summed E-state index contributed by atoms with van der Waals surface area (Å²) in [6.45, 7) is 9.32. The van der Waals surface area contributed by atoms with Crippen LogP contribution in [0.15, 0.2) is 67.1 Å². The molecule has 0 bridgehead atoms. The number of imidazole rings is 1. The smallest absolute Gasteiger partial charge is 0.164 e. The van der Waals surface area contributed by atoms with E-state index in [1.807, 2.05) is 62.0 Å². The number of benzene rings is 2. The number of hydrogen-bond acceptors (Lipinski definition) is 17. The third kappa shape index (κ3) is 12.4. The molecule has 5 aromatic rings. The highest BCUT2D eigenvalue weighted by Crippen LogP contribution is 2.34. The monoisotopic (exact) mass is 935 g/mol. The first-order chi connectivity index (χ1) is 33.0. The van der Waals surface area contributed by atoms with Crippen molar-refractivity contribution in [3.05, 3.63) is 72.7 Å². The second-order valence-corrected chi connectivity index (χ2v) is 18.4. The standard InChI is InChI=1S/C50H70N12O6/c1-34-28-62(17-16-58(34)4)48-25-47(60(6)38-14-20-66-21-15-38)56-50(57-48)43-23-42(68-32-40(64)27-52-3)11-10-36(43)29-61-30-45(53-33-61)44-24-46(59(5)37-12-18-65-19-13-37)55-49(54-44)35-8-7-9-41(22-35)67-31-39(63)26-51-2/h7-11,22-25,30,33-34,37-40,51-52,63-64H,12-21,26-29,31-32H2,1-6H3. The molecule has 0 spiro atoms. The molecule has 3 unspecified atom stereocenters. The van der Waals surface area contributed by atoms with Gasteiger partial charge >= 0.3 is 0 Å². The first kappa shape index (κ1) is 49.0. The van der Waals surface area contributed by atoms with E-state index in [1.165, 1.54) is 0 Å². The molecule has 0 saturated carbocycles. The van der Waals surface area contributed by atoms with E-state index in [0.29, 0.717) is 73.4 Å². The van der Waals surface area contributed by atoms with E-state index in [0.717, 1.165) is 92.7 Å². The highest BCUT2D eigenvalue weighted by Gasteiger charge is 2.27. The van der Waals surface area contributed by atoms with Gasteiger partial charge in [-0.15, -0.1) is 0 Å². The Labute approximate surface area is 400 Å². The van der Waals surface area contributed by atoms with Crippen LogP contribution in [0.4, 0.5) is 17.5 Å². The quantitative estimate of drug-likeness (QED) is 0.0884. The predicted molar refractivity (Wildman–Crippen MR) is 265 cm³/mol. The molecule has 0 amide bonds. The van der Waals surface area contributed by atoms with E-state index >= 15 is 0 Å². The van der Waals surface area contributed by atoms with Crippen LogP contribution in [0.25, 0.3) is 34.2 Å². The molecular formula is C50H70N12O6. The zero-order valence-corrected chi connectivity index (χ0v) is 40.6. The van der Waals surface area contributed by atoms with Crippen molar-refractivity contribution in [1.29, 1.82) is 0 Å². The van der Waals surface area contributed by atoms with Gasteiger partial charge in [-0.1, -0.05) is 18.2 Å². The van der Waals surface area contributed by atoms with Crippen LogP contribution in [-0.2, 0) is 16.0 Å². The molecule has 3 aliphatic heterocycles. The SMILES string of the molecule is CNCC(O)COc1cccc(-c2nc(-c3cn(Cc4ccc(OCC(O)CNC)cc4-c4nc(N5CCN(C)C(C)C5)cc(N(C)C5CCOCC5)n4)cn3)cc(N(C)C3CCOCC3)n2)c1. The number of rotatable bonds is 20. The van der Waals surface area contributed by atoms with Crippen molar-refractivity contribution in [2.45, 2.75) is 69.5 Å². The Bertz CT molecular complexity index is 2370. The Hall–Kier alpha value is -5.47. The molecule has 3 fully saturated rings. The second-order valence-electron chi connectivity index (χ2n) is 18.4. The van der Waals surface area contributed by atoms with E-state index < -0.39 is 12.2 Å². The molecule has 2 aromatic carbocycles. The Balaban J connectivity index is 1.15. The lowest BCUT2D eigenvalue weighted by molar-refractivity contribution is 0.0852.